The molecule has 0 unspecified atom stereocenters. The number of anilines is 1. The van der Waals surface area contributed by atoms with Gasteiger partial charge in [0.25, 0.3) is 15.9 Å². The molecule has 28 heavy (non-hydrogen) atoms. The van der Waals surface area contributed by atoms with Crippen molar-refractivity contribution in [1.82, 2.24) is 5.32 Å². The zero-order valence-corrected chi connectivity index (χ0v) is 16.1. The second-order valence-electron chi connectivity index (χ2n) is 6.02. The molecule has 0 atom stereocenters. The number of methoxy groups -OCH3 is 1. The van der Waals surface area contributed by atoms with Crippen LogP contribution in [0, 0.1) is 0 Å². The molecule has 0 fully saturated rings. The largest absolute Gasteiger partial charge is 0.497 e. The molecular weight excluding hydrogens is 376 g/mol. The minimum Gasteiger partial charge on any atom is -0.497 e. The lowest BCUT2D eigenvalue weighted by molar-refractivity contribution is 0.0959. The van der Waals surface area contributed by atoms with E-state index in [2.05, 4.69) is 16.6 Å². The first-order valence-corrected chi connectivity index (χ1v) is 10.0. The van der Waals surface area contributed by atoms with Crippen LogP contribution in [0.1, 0.15) is 10.4 Å². The number of fused-ring (bicyclic) bond motifs is 1. The van der Waals surface area contributed by atoms with E-state index >= 15 is 0 Å². The van der Waals surface area contributed by atoms with Gasteiger partial charge in [0.1, 0.15) is 5.75 Å². The van der Waals surface area contributed by atoms with Crippen molar-refractivity contribution >= 4 is 32.4 Å². The van der Waals surface area contributed by atoms with Crippen LogP contribution in [0.15, 0.2) is 78.2 Å². The third kappa shape index (κ3) is 4.15. The Morgan fingerprint density at radius 1 is 1.07 bits per heavy atom. The molecule has 0 spiro atoms. The second kappa shape index (κ2) is 8.14. The Bertz CT molecular complexity index is 1140. The van der Waals surface area contributed by atoms with Crippen molar-refractivity contribution in [2.24, 2.45) is 0 Å². The maximum absolute atomic E-state index is 12.9. The molecule has 0 saturated heterocycles. The molecule has 0 aromatic heterocycles. The van der Waals surface area contributed by atoms with Gasteiger partial charge in [-0.2, -0.15) is 0 Å². The zero-order chi connectivity index (χ0) is 20.1. The fourth-order valence-electron chi connectivity index (χ4n) is 2.73. The molecule has 3 aromatic carbocycles. The van der Waals surface area contributed by atoms with Gasteiger partial charge in [0, 0.05) is 6.54 Å². The smallest absolute Gasteiger partial charge is 0.261 e. The fraction of sp³-hybridized carbons (Fsp3) is 0.0952. The van der Waals surface area contributed by atoms with Crippen LogP contribution >= 0.6 is 0 Å². The Kier molecular flexibility index (Phi) is 5.65. The van der Waals surface area contributed by atoms with Crippen molar-refractivity contribution in [3.8, 4) is 5.75 Å². The summed E-state index contributed by atoms with van der Waals surface area (Å²) in [6.07, 6.45) is 1.55. The van der Waals surface area contributed by atoms with Crippen molar-refractivity contribution < 1.29 is 17.9 Å². The quantitative estimate of drug-likeness (QED) is 0.598. The molecule has 144 valence electrons. The lowest BCUT2D eigenvalue weighted by atomic mass is 10.1. The standard InChI is InChI=1S/C21H20N2O4S/c1-3-12-22-21(24)19-6-4-5-7-20(19)23-28(25,26)18-11-9-15-13-17(27-2)10-8-16(15)14-18/h3-11,13-14,23H,1,12H2,2H3,(H,22,24). The molecule has 0 saturated carbocycles. The summed E-state index contributed by atoms with van der Waals surface area (Å²) in [5.41, 5.74) is 0.442. The number of carbonyl (C=O) groups excluding carboxylic acids is 1. The first kappa shape index (κ1) is 19.4. The molecular formula is C21H20N2O4S. The number of nitrogens with one attached hydrogen (secondary N) is 2. The summed E-state index contributed by atoms with van der Waals surface area (Å²) in [6, 6.07) is 16.7. The van der Waals surface area contributed by atoms with Crippen molar-refractivity contribution in [2.45, 2.75) is 4.90 Å². The van der Waals surface area contributed by atoms with Crippen LogP contribution in [-0.2, 0) is 10.0 Å². The number of hydrogen-bond acceptors (Lipinski definition) is 4. The van der Waals surface area contributed by atoms with E-state index in [1.165, 1.54) is 6.07 Å². The normalized spacial score (nSPS) is 11.0. The highest BCUT2D eigenvalue weighted by molar-refractivity contribution is 7.92. The monoisotopic (exact) mass is 396 g/mol. The maximum Gasteiger partial charge on any atom is 0.261 e. The molecule has 2 N–H and O–H groups in total. The van der Waals surface area contributed by atoms with Crippen molar-refractivity contribution in [3.63, 3.8) is 0 Å². The van der Waals surface area contributed by atoms with E-state index in [-0.39, 0.29) is 28.6 Å². The molecule has 7 heteroatoms. The third-order valence-electron chi connectivity index (χ3n) is 4.15. The van der Waals surface area contributed by atoms with Gasteiger partial charge in [-0.25, -0.2) is 8.42 Å². The summed E-state index contributed by atoms with van der Waals surface area (Å²) in [4.78, 5) is 12.4. The molecule has 3 aromatic rings. The molecule has 0 aliphatic heterocycles. The molecule has 0 heterocycles. The second-order valence-corrected chi connectivity index (χ2v) is 7.71. The third-order valence-corrected chi connectivity index (χ3v) is 5.52. The van der Waals surface area contributed by atoms with Crippen LogP contribution in [0.25, 0.3) is 10.8 Å². The van der Waals surface area contributed by atoms with Gasteiger partial charge in [0.2, 0.25) is 0 Å². The summed E-state index contributed by atoms with van der Waals surface area (Å²) in [5, 5.41) is 4.27. The molecule has 0 bridgehead atoms. The van der Waals surface area contributed by atoms with Crippen LogP contribution in [0.4, 0.5) is 5.69 Å². The summed E-state index contributed by atoms with van der Waals surface area (Å²) >= 11 is 0. The highest BCUT2D eigenvalue weighted by Crippen LogP contribution is 2.25. The molecule has 6 nitrogen and oxygen atoms in total. The van der Waals surface area contributed by atoms with Gasteiger partial charge in [-0.15, -0.1) is 6.58 Å². The van der Waals surface area contributed by atoms with Crippen LogP contribution in [-0.4, -0.2) is 28.0 Å². The van der Waals surface area contributed by atoms with E-state index in [9.17, 15) is 13.2 Å². The van der Waals surface area contributed by atoms with Gasteiger partial charge in [-0.1, -0.05) is 30.3 Å². The Morgan fingerprint density at radius 3 is 2.54 bits per heavy atom. The number of sulfonamides is 1. The van der Waals surface area contributed by atoms with E-state index in [4.69, 9.17) is 4.74 Å². The average molecular weight is 396 g/mol. The number of benzene rings is 3. The maximum atomic E-state index is 12.9. The van der Waals surface area contributed by atoms with E-state index in [0.29, 0.717) is 5.75 Å². The molecule has 0 radical (unpaired) electrons. The number of rotatable bonds is 7. The fourth-order valence-corrected chi connectivity index (χ4v) is 3.84. The first-order valence-electron chi connectivity index (χ1n) is 8.53. The zero-order valence-electron chi connectivity index (χ0n) is 15.3. The van der Waals surface area contributed by atoms with Gasteiger partial charge in [0.05, 0.1) is 23.3 Å². The van der Waals surface area contributed by atoms with Gasteiger partial charge in [-0.05, 0) is 47.2 Å². The van der Waals surface area contributed by atoms with Gasteiger partial charge in [-0.3, -0.25) is 9.52 Å². The van der Waals surface area contributed by atoms with Crippen LogP contribution in [0.2, 0.25) is 0 Å². The molecule has 0 aliphatic carbocycles. The highest BCUT2D eigenvalue weighted by atomic mass is 32.2. The predicted molar refractivity (Wildman–Crippen MR) is 110 cm³/mol. The van der Waals surface area contributed by atoms with Gasteiger partial charge in [0.15, 0.2) is 0 Å². The highest BCUT2D eigenvalue weighted by Gasteiger charge is 2.19. The van der Waals surface area contributed by atoms with E-state index in [1.807, 2.05) is 6.07 Å². The number of ether oxygens (including phenoxy) is 1. The Balaban J connectivity index is 1.93. The van der Waals surface area contributed by atoms with Crippen molar-refractivity contribution in [1.29, 1.82) is 0 Å². The van der Waals surface area contributed by atoms with E-state index < -0.39 is 10.0 Å². The molecule has 0 aliphatic rings. The lowest BCUT2D eigenvalue weighted by Crippen LogP contribution is -2.25. The lowest BCUT2D eigenvalue weighted by Gasteiger charge is -2.13. The Labute approximate surface area is 163 Å². The molecule has 3 rings (SSSR count). The minimum absolute atomic E-state index is 0.103. The SMILES string of the molecule is C=CCNC(=O)c1ccccc1NS(=O)(=O)c1ccc2cc(OC)ccc2c1. The average Bonchev–Trinajstić information content (AvgIpc) is 2.71. The number of carbonyl (C=O) groups is 1. The summed E-state index contributed by atoms with van der Waals surface area (Å²) < 4.78 is 33.4. The number of para-hydroxylation sites is 1. The van der Waals surface area contributed by atoms with Gasteiger partial charge >= 0.3 is 0 Å². The van der Waals surface area contributed by atoms with Gasteiger partial charge < -0.3 is 10.1 Å². The predicted octanol–water partition coefficient (Wildman–Crippen LogP) is 3.57. The van der Waals surface area contributed by atoms with Crippen LogP contribution in [0.5, 0.6) is 5.75 Å². The number of hydrogen-bond donors (Lipinski definition) is 2. The summed E-state index contributed by atoms with van der Waals surface area (Å²) in [5.74, 6) is 0.310. The Morgan fingerprint density at radius 2 is 1.79 bits per heavy atom. The van der Waals surface area contributed by atoms with Crippen LogP contribution < -0.4 is 14.8 Å². The van der Waals surface area contributed by atoms with Crippen LogP contribution in [0.3, 0.4) is 0 Å². The van der Waals surface area contributed by atoms with Crippen molar-refractivity contribution in [2.75, 3.05) is 18.4 Å². The summed E-state index contributed by atoms with van der Waals surface area (Å²) in [6.45, 7) is 3.84. The number of amides is 1. The molecule has 1 amide bonds. The Hall–Kier alpha value is -3.32. The topological polar surface area (TPSA) is 84.5 Å². The van der Waals surface area contributed by atoms with E-state index in [1.54, 1.807) is 61.7 Å². The van der Waals surface area contributed by atoms with Crippen molar-refractivity contribution in [3.05, 3.63) is 78.9 Å². The summed E-state index contributed by atoms with van der Waals surface area (Å²) in [7, 11) is -2.30. The minimum atomic E-state index is -3.88. The van der Waals surface area contributed by atoms with E-state index in [0.717, 1.165) is 10.8 Å². The first-order chi connectivity index (χ1) is 13.4.